The number of hydrogen-bond donors (Lipinski definition) is 2. The fourth-order valence-corrected chi connectivity index (χ4v) is 3.00. The molecule has 0 bridgehead atoms. The van der Waals surface area contributed by atoms with Crippen molar-refractivity contribution in [3.63, 3.8) is 0 Å². The average Bonchev–Trinajstić information content (AvgIpc) is 2.89. The Morgan fingerprint density at radius 2 is 2.15 bits per heavy atom. The summed E-state index contributed by atoms with van der Waals surface area (Å²) in [7, 11) is -2.44. The number of benzene rings is 1. The Balaban J connectivity index is 2.40. The van der Waals surface area contributed by atoms with E-state index in [0.29, 0.717) is 0 Å². The lowest BCUT2D eigenvalue weighted by atomic mass is 10.3. The largest absolute Gasteiger partial charge is 0.383 e. The number of anilines is 2. The number of sulfonamides is 1. The van der Waals surface area contributed by atoms with E-state index in [1.165, 1.54) is 7.05 Å². The third-order valence-electron chi connectivity index (χ3n) is 2.27. The Morgan fingerprint density at radius 1 is 1.40 bits per heavy atom. The van der Waals surface area contributed by atoms with Gasteiger partial charge in [0.1, 0.15) is 5.69 Å². The zero-order valence-electron chi connectivity index (χ0n) is 9.97. The lowest BCUT2D eigenvalue weighted by Crippen LogP contribution is -2.13. The molecule has 0 radical (unpaired) electrons. The van der Waals surface area contributed by atoms with E-state index < -0.39 is 14.9 Å². The van der Waals surface area contributed by atoms with Crippen molar-refractivity contribution in [2.75, 3.05) is 17.1 Å². The highest BCUT2D eigenvalue weighted by molar-refractivity contribution is 7.93. The van der Waals surface area contributed by atoms with Crippen molar-refractivity contribution in [3.8, 4) is 0 Å². The van der Waals surface area contributed by atoms with Crippen LogP contribution in [-0.4, -0.2) is 35.2 Å². The molecule has 0 fully saturated rings. The topological polar surface area (TPSA) is 140 Å². The van der Waals surface area contributed by atoms with Crippen molar-refractivity contribution in [3.05, 3.63) is 28.3 Å². The summed E-state index contributed by atoms with van der Waals surface area (Å²) in [5, 5.41) is 20.1. The zero-order valence-corrected chi connectivity index (χ0v) is 11.6. The lowest BCUT2D eigenvalue weighted by molar-refractivity contribution is -0.384. The van der Waals surface area contributed by atoms with Gasteiger partial charge in [-0.1, -0.05) is 9.59 Å². The number of nitrogens with zero attached hydrogens (tertiary/aromatic N) is 4. The molecule has 0 unspecified atom stereocenters. The van der Waals surface area contributed by atoms with Crippen LogP contribution in [0.3, 0.4) is 0 Å². The van der Waals surface area contributed by atoms with Crippen LogP contribution >= 0.6 is 11.5 Å². The van der Waals surface area contributed by atoms with Gasteiger partial charge in [0.15, 0.2) is 0 Å². The molecular formula is C8H8N6O4S2. The van der Waals surface area contributed by atoms with Gasteiger partial charge >= 0.3 is 0 Å². The summed E-state index contributed by atoms with van der Waals surface area (Å²) in [6.45, 7) is 0. The number of nitro groups is 1. The number of hydrogen-bond acceptors (Lipinski definition) is 9. The Kier molecular flexibility index (Phi) is 3.76. The number of nitrogens with one attached hydrogen (secondary N) is 2. The van der Waals surface area contributed by atoms with Crippen molar-refractivity contribution >= 4 is 38.1 Å². The van der Waals surface area contributed by atoms with Gasteiger partial charge in [0.05, 0.1) is 9.82 Å². The Hall–Kier alpha value is -2.34. The molecule has 0 saturated carbocycles. The molecule has 2 rings (SSSR count). The second-order valence-electron chi connectivity index (χ2n) is 3.46. The van der Waals surface area contributed by atoms with Crippen molar-refractivity contribution in [2.45, 2.75) is 4.90 Å². The standard InChI is InChI=1S/C8H8N6O4S2/c1-9-6-4-5(2-3-7(6)14(15)16)20(17,18)11-8-10-12-13-19-8/h2-4,9H,1H3,(H,10,11,13). The molecule has 1 aromatic heterocycles. The molecule has 2 aromatic rings. The minimum absolute atomic E-state index is 0.00867. The highest BCUT2D eigenvalue weighted by Gasteiger charge is 2.21. The molecule has 0 aliphatic heterocycles. The van der Waals surface area contributed by atoms with E-state index >= 15 is 0 Å². The first-order valence-corrected chi connectivity index (χ1v) is 7.34. The average molecular weight is 316 g/mol. The maximum atomic E-state index is 12.1. The van der Waals surface area contributed by atoms with Crippen LogP contribution in [0.15, 0.2) is 23.1 Å². The van der Waals surface area contributed by atoms with Crippen LogP contribution < -0.4 is 10.0 Å². The van der Waals surface area contributed by atoms with Gasteiger partial charge in [0.25, 0.3) is 15.7 Å². The molecular weight excluding hydrogens is 308 g/mol. The van der Waals surface area contributed by atoms with E-state index in [1.807, 2.05) is 0 Å². The van der Waals surface area contributed by atoms with Crippen molar-refractivity contribution in [1.82, 2.24) is 14.8 Å². The van der Waals surface area contributed by atoms with E-state index in [1.54, 1.807) is 0 Å². The molecule has 106 valence electrons. The maximum absolute atomic E-state index is 12.1. The maximum Gasteiger partial charge on any atom is 0.292 e. The van der Waals surface area contributed by atoms with Crippen LogP contribution in [-0.2, 0) is 10.0 Å². The van der Waals surface area contributed by atoms with E-state index in [4.69, 9.17) is 0 Å². The van der Waals surface area contributed by atoms with E-state index in [9.17, 15) is 18.5 Å². The monoisotopic (exact) mass is 316 g/mol. The lowest BCUT2D eigenvalue weighted by Gasteiger charge is -2.07. The van der Waals surface area contributed by atoms with Crippen LogP contribution in [0.2, 0.25) is 0 Å². The first kappa shape index (κ1) is 14.1. The normalized spacial score (nSPS) is 11.1. The van der Waals surface area contributed by atoms with Gasteiger partial charge in [-0.3, -0.25) is 14.8 Å². The molecule has 0 atom stereocenters. The van der Waals surface area contributed by atoms with Crippen LogP contribution in [0.4, 0.5) is 16.5 Å². The summed E-state index contributed by atoms with van der Waals surface area (Å²) in [5.41, 5.74) is -0.128. The second kappa shape index (κ2) is 5.34. The van der Waals surface area contributed by atoms with Gasteiger partial charge in [-0.25, -0.2) is 8.42 Å². The molecule has 1 aromatic carbocycles. The summed E-state index contributed by atoms with van der Waals surface area (Å²) in [6, 6.07) is 3.41. The second-order valence-corrected chi connectivity index (χ2v) is 5.87. The Bertz CT molecular complexity index is 729. The predicted octanol–water partition coefficient (Wildman–Crippen LogP) is 0.684. The number of aromatic nitrogens is 3. The van der Waals surface area contributed by atoms with Gasteiger partial charge < -0.3 is 5.32 Å². The van der Waals surface area contributed by atoms with Crippen molar-refractivity contribution in [1.29, 1.82) is 0 Å². The third kappa shape index (κ3) is 2.80. The van der Waals surface area contributed by atoms with Crippen molar-refractivity contribution in [2.24, 2.45) is 0 Å². The van der Waals surface area contributed by atoms with Crippen LogP contribution in [0.25, 0.3) is 0 Å². The summed E-state index contributed by atoms with van der Waals surface area (Å²) < 4.78 is 29.7. The smallest absolute Gasteiger partial charge is 0.292 e. The predicted molar refractivity (Wildman–Crippen MR) is 71.2 cm³/mol. The minimum Gasteiger partial charge on any atom is -0.383 e. The molecule has 10 nitrogen and oxygen atoms in total. The first-order chi connectivity index (χ1) is 9.44. The molecule has 20 heavy (non-hydrogen) atoms. The zero-order chi connectivity index (χ0) is 14.8. The summed E-state index contributed by atoms with van der Waals surface area (Å²) in [5.74, 6) is 0. The summed E-state index contributed by atoms with van der Waals surface area (Å²) in [4.78, 5) is 10.0. The first-order valence-electron chi connectivity index (χ1n) is 5.08. The van der Waals surface area contributed by atoms with Crippen LogP contribution in [0.1, 0.15) is 0 Å². The molecule has 0 saturated heterocycles. The summed E-state index contributed by atoms with van der Waals surface area (Å²) in [6.07, 6.45) is 0. The SMILES string of the molecule is CNc1cc(S(=O)(=O)Nc2nnns2)ccc1[N+](=O)[O-]. The highest BCUT2D eigenvalue weighted by Crippen LogP contribution is 2.27. The molecule has 0 spiro atoms. The fraction of sp³-hybridized carbons (Fsp3) is 0.125. The van der Waals surface area contributed by atoms with Gasteiger partial charge in [0.2, 0.25) is 5.13 Å². The highest BCUT2D eigenvalue weighted by atomic mass is 32.2. The van der Waals surface area contributed by atoms with E-state index in [-0.39, 0.29) is 21.4 Å². The summed E-state index contributed by atoms with van der Waals surface area (Å²) >= 11 is 0.776. The Morgan fingerprint density at radius 3 is 2.70 bits per heavy atom. The van der Waals surface area contributed by atoms with E-state index in [0.717, 1.165) is 29.7 Å². The van der Waals surface area contributed by atoms with Gasteiger partial charge in [-0.2, -0.15) is 0 Å². The van der Waals surface area contributed by atoms with Crippen molar-refractivity contribution < 1.29 is 13.3 Å². The molecule has 1 heterocycles. The molecule has 0 aliphatic carbocycles. The van der Waals surface area contributed by atoms with Crippen LogP contribution in [0.5, 0.6) is 0 Å². The van der Waals surface area contributed by atoms with Gasteiger partial charge in [-0.05, 0) is 17.3 Å². The number of rotatable bonds is 5. The Labute approximate surface area is 117 Å². The minimum atomic E-state index is -3.90. The quantitative estimate of drug-likeness (QED) is 0.606. The van der Waals surface area contributed by atoms with Gasteiger partial charge in [0, 0.05) is 24.6 Å². The molecule has 0 aliphatic rings. The van der Waals surface area contributed by atoms with Gasteiger partial charge in [-0.15, -0.1) is 0 Å². The molecule has 12 heteroatoms. The molecule has 0 amide bonds. The third-order valence-corrected chi connectivity index (χ3v) is 4.24. The fourth-order valence-electron chi connectivity index (χ4n) is 1.39. The molecule has 2 N–H and O–H groups in total. The van der Waals surface area contributed by atoms with Crippen LogP contribution in [0, 0.1) is 10.1 Å². The number of nitro benzene ring substituents is 1. The van der Waals surface area contributed by atoms with E-state index in [2.05, 4.69) is 24.8 Å².